The van der Waals surface area contributed by atoms with Crippen molar-refractivity contribution in [3.63, 3.8) is 0 Å². The highest BCUT2D eigenvalue weighted by Crippen LogP contribution is 2.44. The number of carbonyl (C=O) groups excluding carboxylic acids is 2. The van der Waals surface area contributed by atoms with Crippen LogP contribution in [0.15, 0.2) is 54.6 Å². The molecule has 2 saturated heterocycles. The second-order valence-corrected chi connectivity index (χ2v) is 11.5. The molecule has 1 spiro atoms. The lowest BCUT2D eigenvalue weighted by atomic mass is 9.67. The summed E-state index contributed by atoms with van der Waals surface area (Å²) < 4.78 is 0. The minimum absolute atomic E-state index is 0.0101. The van der Waals surface area contributed by atoms with E-state index in [1.165, 1.54) is 5.56 Å². The van der Waals surface area contributed by atoms with Crippen LogP contribution in [0.1, 0.15) is 68.9 Å². The number of hydrogen-bond acceptors (Lipinski definition) is 5. The minimum Gasteiger partial charge on any atom is -0.508 e. The number of nitrogens with zero attached hydrogens (tertiary/aromatic N) is 2. The first kappa shape index (κ1) is 30.1. The van der Waals surface area contributed by atoms with E-state index in [1.807, 2.05) is 18.2 Å². The van der Waals surface area contributed by atoms with Crippen molar-refractivity contribution >= 4 is 18.3 Å². The van der Waals surface area contributed by atoms with E-state index in [2.05, 4.69) is 51.2 Å². The van der Waals surface area contributed by atoms with Gasteiger partial charge in [-0.05, 0) is 75.3 Å². The monoisotopic (exact) mass is 559 g/mol. The highest BCUT2D eigenvalue weighted by atomic mass is 16.3. The molecule has 0 aromatic heterocycles. The molecular formula is C33H41N3O5. The predicted octanol–water partition coefficient (Wildman–Crippen LogP) is 4.14. The van der Waals surface area contributed by atoms with E-state index in [4.69, 9.17) is 9.90 Å². The minimum atomic E-state index is -0.250. The smallest absolute Gasteiger partial charge is 0.290 e. The van der Waals surface area contributed by atoms with Crippen molar-refractivity contribution in [2.24, 2.45) is 5.41 Å². The fraction of sp³-hybridized carbons (Fsp3) is 0.485. The number of likely N-dealkylation sites (tertiary alicyclic amines) is 2. The average molecular weight is 560 g/mol. The lowest BCUT2D eigenvalue weighted by molar-refractivity contribution is -0.151. The zero-order valence-corrected chi connectivity index (χ0v) is 23.8. The Labute approximate surface area is 242 Å². The Kier molecular flexibility index (Phi) is 10.4. The topological polar surface area (TPSA) is 110 Å². The van der Waals surface area contributed by atoms with Gasteiger partial charge in [0, 0.05) is 37.5 Å². The number of phenols is 1. The van der Waals surface area contributed by atoms with Crippen molar-refractivity contribution in [2.75, 3.05) is 19.6 Å². The van der Waals surface area contributed by atoms with Crippen LogP contribution in [0.25, 0.3) is 0 Å². The number of amides is 2. The zero-order chi connectivity index (χ0) is 29.2. The second kappa shape index (κ2) is 14.2. The maximum atomic E-state index is 13.4. The van der Waals surface area contributed by atoms with Gasteiger partial charge in [0.25, 0.3) is 6.47 Å². The van der Waals surface area contributed by atoms with Gasteiger partial charge in [-0.2, -0.15) is 0 Å². The first-order chi connectivity index (χ1) is 19.9. The van der Waals surface area contributed by atoms with Crippen molar-refractivity contribution in [1.29, 1.82) is 0 Å². The van der Waals surface area contributed by atoms with Crippen LogP contribution in [0.5, 0.6) is 5.75 Å². The number of rotatable bonds is 7. The summed E-state index contributed by atoms with van der Waals surface area (Å²) in [6.45, 7) is 5.08. The number of nitrogens with one attached hydrogen (secondary N) is 1. The first-order valence-electron chi connectivity index (χ1n) is 14.5. The van der Waals surface area contributed by atoms with Crippen molar-refractivity contribution in [1.82, 2.24) is 15.1 Å². The summed E-state index contributed by atoms with van der Waals surface area (Å²) in [4.78, 5) is 39.0. The molecule has 3 N–H and O–H groups in total. The van der Waals surface area contributed by atoms with E-state index in [-0.39, 0.29) is 41.5 Å². The number of phenolic OH excluding ortho intramolecular Hbond substituents is 1. The van der Waals surface area contributed by atoms with Gasteiger partial charge in [-0.3, -0.25) is 19.3 Å². The Morgan fingerprint density at radius 1 is 1.07 bits per heavy atom. The summed E-state index contributed by atoms with van der Waals surface area (Å²) >= 11 is 0. The van der Waals surface area contributed by atoms with E-state index in [1.54, 1.807) is 19.1 Å². The molecule has 8 heteroatoms. The van der Waals surface area contributed by atoms with Gasteiger partial charge < -0.3 is 20.4 Å². The third kappa shape index (κ3) is 7.89. The zero-order valence-electron chi connectivity index (χ0n) is 23.8. The Morgan fingerprint density at radius 3 is 2.37 bits per heavy atom. The van der Waals surface area contributed by atoms with Crippen molar-refractivity contribution in [3.8, 4) is 17.6 Å². The van der Waals surface area contributed by atoms with Gasteiger partial charge in [-0.25, -0.2) is 0 Å². The molecule has 0 bridgehead atoms. The first-order valence-corrected chi connectivity index (χ1v) is 14.5. The Hall–Kier alpha value is -3.83. The molecule has 2 aromatic carbocycles. The van der Waals surface area contributed by atoms with Crippen LogP contribution in [0.4, 0.5) is 0 Å². The molecule has 2 atom stereocenters. The summed E-state index contributed by atoms with van der Waals surface area (Å²) in [5, 5.41) is 19.7. The van der Waals surface area contributed by atoms with E-state index in [0.717, 1.165) is 70.3 Å². The highest BCUT2D eigenvalue weighted by molar-refractivity contribution is 5.83. The highest BCUT2D eigenvalue weighted by Gasteiger charge is 2.49. The van der Waals surface area contributed by atoms with Crippen LogP contribution < -0.4 is 5.32 Å². The molecule has 1 aliphatic carbocycles. The molecule has 2 heterocycles. The van der Waals surface area contributed by atoms with E-state index in [0.29, 0.717) is 12.3 Å². The van der Waals surface area contributed by atoms with Crippen molar-refractivity contribution in [3.05, 3.63) is 65.7 Å². The number of carboxylic acid groups (broad SMARTS) is 1. The van der Waals surface area contributed by atoms with E-state index >= 15 is 0 Å². The standard InChI is InChI=1S/C32H39N3O3.CH2O2/c1-2-7-26(25-11-13-28(36)14-12-25)20-30(37)33-27-15-17-32(18-16-27)22-35(23-32)31(38)29-10-6-19-34(29)21-24-8-4-3-5-9-24;2-1-3/h3-5,8-9,11-14,26-27,29,36H,6,10,15-23H2,1H3,(H,33,37);1H,(H,2,3)/t26-,29-;/m1./s1. The lowest BCUT2D eigenvalue weighted by Crippen LogP contribution is -2.63. The maximum absolute atomic E-state index is 13.4. The maximum Gasteiger partial charge on any atom is 0.290 e. The number of aromatic hydroxyl groups is 1. The molecule has 1 saturated carbocycles. The van der Waals surface area contributed by atoms with Gasteiger partial charge in [-0.1, -0.05) is 48.4 Å². The molecule has 0 radical (unpaired) electrons. The van der Waals surface area contributed by atoms with Crippen LogP contribution in [0, 0.1) is 17.3 Å². The SMILES string of the molecule is CC#C[C@H](CC(=O)NC1CCC2(CC1)CN(C(=O)[C@H]1CCCN1Cc1ccccc1)C2)c1ccc(O)cc1.O=CO. The molecule has 2 aliphatic heterocycles. The third-order valence-electron chi connectivity index (χ3n) is 8.66. The quantitative estimate of drug-likeness (QED) is 0.348. The van der Waals surface area contributed by atoms with Gasteiger partial charge in [0.2, 0.25) is 11.8 Å². The van der Waals surface area contributed by atoms with Gasteiger partial charge in [0.05, 0.1) is 12.0 Å². The predicted molar refractivity (Wildman–Crippen MR) is 157 cm³/mol. The van der Waals surface area contributed by atoms with Crippen molar-refractivity contribution in [2.45, 2.75) is 76.4 Å². The van der Waals surface area contributed by atoms with Crippen LogP contribution in [0.3, 0.4) is 0 Å². The number of hydrogen-bond donors (Lipinski definition) is 3. The number of carbonyl (C=O) groups is 3. The number of benzene rings is 2. The summed E-state index contributed by atoms with van der Waals surface area (Å²) in [5.41, 5.74) is 2.43. The Bertz CT molecular complexity index is 1220. The van der Waals surface area contributed by atoms with Crippen LogP contribution in [0.2, 0.25) is 0 Å². The van der Waals surface area contributed by atoms with E-state index < -0.39 is 0 Å². The van der Waals surface area contributed by atoms with Gasteiger partial charge >= 0.3 is 0 Å². The molecule has 0 unspecified atom stereocenters. The summed E-state index contributed by atoms with van der Waals surface area (Å²) in [6.07, 6.45) is 6.38. The lowest BCUT2D eigenvalue weighted by Gasteiger charge is -2.54. The largest absolute Gasteiger partial charge is 0.508 e. The average Bonchev–Trinajstić information content (AvgIpc) is 3.41. The van der Waals surface area contributed by atoms with Gasteiger partial charge in [0.1, 0.15) is 5.75 Å². The molecular weight excluding hydrogens is 518 g/mol. The summed E-state index contributed by atoms with van der Waals surface area (Å²) in [7, 11) is 0. The van der Waals surface area contributed by atoms with Crippen LogP contribution in [-0.4, -0.2) is 70.0 Å². The molecule has 3 aliphatic rings. The van der Waals surface area contributed by atoms with Gasteiger partial charge in [-0.15, -0.1) is 5.92 Å². The molecule has 218 valence electrons. The normalized spacial score (nSPS) is 20.5. The molecule has 8 nitrogen and oxygen atoms in total. The molecule has 3 fully saturated rings. The van der Waals surface area contributed by atoms with E-state index in [9.17, 15) is 14.7 Å². The van der Waals surface area contributed by atoms with Crippen LogP contribution in [-0.2, 0) is 20.9 Å². The molecule has 41 heavy (non-hydrogen) atoms. The molecule has 5 rings (SSSR count). The van der Waals surface area contributed by atoms with Crippen LogP contribution >= 0.6 is 0 Å². The summed E-state index contributed by atoms with van der Waals surface area (Å²) in [6, 6.07) is 17.6. The second-order valence-electron chi connectivity index (χ2n) is 11.5. The van der Waals surface area contributed by atoms with Crippen molar-refractivity contribution < 1.29 is 24.6 Å². The molecule has 2 aromatic rings. The Morgan fingerprint density at radius 2 is 1.73 bits per heavy atom. The molecule has 2 amide bonds. The fourth-order valence-electron chi connectivity index (χ4n) is 6.54. The fourth-order valence-corrected chi connectivity index (χ4v) is 6.54. The summed E-state index contributed by atoms with van der Waals surface area (Å²) in [5.74, 6) is 6.43. The third-order valence-corrected chi connectivity index (χ3v) is 8.66. The van der Waals surface area contributed by atoms with Gasteiger partial charge in [0.15, 0.2) is 0 Å². The Balaban J connectivity index is 0.00000124.